The zero-order valence-corrected chi connectivity index (χ0v) is 9.55. The Hall–Kier alpha value is -1.66. The number of hydrogen-bond acceptors (Lipinski definition) is 5. The van der Waals surface area contributed by atoms with Crippen LogP contribution in [0.2, 0.25) is 5.15 Å². The van der Waals surface area contributed by atoms with Crippen LogP contribution < -0.4 is 11.1 Å². The van der Waals surface area contributed by atoms with Gasteiger partial charge in [-0.2, -0.15) is 0 Å². The molecule has 0 unspecified atom stereocenters. The Bertz CT molecular complexity index is 494. The number of amides is 1. The first-order valence-corrected chi connectivity index (χ1v) is 5.50. The first kappa shape index (κ1) is 10.8. The minimum absolute atomic E-state index is 0.196. The lowest BCUT2D eigenvalue weighted by molar-refractivity contribution is 0.102. The average Bonchev–Trinajstić information content (AvgIpc) is 2.59. The van der Waals surface area contributed by atoms with E-state index >= 15 is 0 Å². The zero-order valence-electron chi connectivity index (χ0n) is 7.98. The predicted octanol–water partition coefficient (Wildman–Crippen LogP) is 2.03. The maximum atomic E-state index is 11.6. The molecule has 2 aromatic heterocycles. The molecule has 3 N–H and O–H groups in total. The van der Waals surface area contributed by atoms with Crippen LogP contribution in [0.1, 0.15) is 10.5 Å². The van der Waals surface area contributed by atoms with Crippen LogP contribution in [0.15, 0.2) is 24.4 Å². The fourth-order valence-electron chi connectivity index (χ4n) is 1.03. The lowest BCUT2D eigenvalue weighted by Crippen LogP contribution is -2.12. The maximum Gasteiger partial charge on any atom is 0.276 e. The third-order valence-electron chi connectivity index (χ3n) is 1.73. The second-order valence-electron chi connectivity index (χ2n) is 2.84. The Kier molecular flexibility index (Phi) is 3.02. The Morgan fingerprint density at radius 1 is 1.50 bits per heavy atom. The topological polar surface area (TPSA) is 80.9 Å². The van der Waals surface area contributed by atoms with Crippen molar-refractivity contribution in [2.24, 2.45) is 0 Å². The van der Waals surface area contributed by atoms with Gasteiger partial charge in [-0.3, -0.25) is 15.1 Å². The van der Waals surface area contributed by atoms with Crippen LogP contribution in [-0.4, -0.2) is 15.9 Å². The molecule has 2 aromatic rings. The number of nitrogen functional groups attached to an aromatic ring is 1. The molecular formula is C9H7ClN4OS. The van der Waals surface area contributed by atoms with E-state index in [0.717, 1.165) is 11.3 Å². The van der Waals surface area contributed by atoms with Gasteiger partial charge in [0.15, 0.2) is 10.3 Å². The van der Waals surface area contributed by atoms with E-state index in [1.54, 1.807) is 18.2 Å². The third kappa shape index (κ3) is 2.29. The smallest absolute Gasteiger partial charge is 0.276 e. The summed E-state index contributed by atoms with van der Waals surface area (Å²) in [5.41, 5.74) is 5.82. The summed E-state index contributed by atoms with van der Waals surface area (Å²) < 4.78 is 0. The highest BCUT2D eigenvalue weighted by Crippen LogP contribution is 2.28. The molecule has 0 aromatic carbocycles. The van der Waals surface area contributed by atoms with Crippen molar-refractivity contribution in [3.05, 3.63) is 35.2 Å². The lowest BCUT2D eigenvalue weighted by atomic mass is 10.3. The van der Waals surface area contributed by atoms with E-state index in [2.05, 4.69) is 15.3 Å². The molecule has 0 saturated heterocycles. The average molecular weight is 255 g/mol. The van der Waals surface area contributed by atoms with Gasteiger partial charge >= 0.3 is 0 Å². The van der Waals surface area contributed by atoms with Crippen molar-refractivity contribution in [2.45, 2.75) is 0 Å². The molecule has 0 atom stereocenters. The zero-order chi connectivity index (χ0) is 11.5. The van der Waals surface area contributed by atoms with Crippen LogP contribution >= 0.6 is 22.9 Å². The number of aromatic nitrogens is 2. The predicted molar refractivity (Wildman–Crippen MR) is 63.7 cm³/mol. The van der Waals surface area contributed by atoms with E-state index in [1.807, 2.05) is 0 Å². The van der Waals surface area contributed by atoms with Crippen molar-refractivity contribution in [3.8, 4) is 0 Å². The molecule has 5 nitrogen and oxygen atoms in total. The van der Waals surface area contributed by atoms with Gasteiger partial charge in [0.05, 0.1) is 0 Å². The summed E-state index contributed by atoms with van der Waals surface area (Å²) in [5.74, 6) is -0.342. The number of anilines is 2. The standard InChI is InChI=1S/C9H7ClN4OS/c10-6-7(11)16-9(13-6)14-8(15)5-3-1-2-4-12-5/h1-4H,11H2,(H,13,14,15). The highest BCUT2D eigenvalue weighted by atomic mass is 35.5. The van der Waals surface area contributed by atoms with E-state index in [0.29, 0.717) is 15.8 Å². The van der Waals surface area contributed by atoms with Crippen LogP contribution in [-0.2, 0) is 0 Å². The number of nitrogens with two attached hydrogens (primary N) is 1. The van der Waals surface area contributed by atoms with Gasteiger partial charge in [-0.1, -0.05) is 29.0 Å². The Morgan fingerprint density at radius 2 is 2.31 bits per heavy atom. The quantitative estimate of drug-likeness (QED) is 0.859. The number of thiazole rings is 1. The molecule has 0 radical (unpaired) electrons. The normalized spacial score (nSPS) is 10.1. The fourth-order valence-corrected chi connectivity index (χ4v) is 1.89. The van der Waals surface area contributed by atoms with Gasteiger partial charge in [0.2, 0.25) is 0 Å². The van der Waals surface area contributed by atoms with E-state index < -0.39 is 0 Å². The molecule has 0 fully saturated rings. The molecule has 2 heterocycles. The van der Waals surface area contributed by atoms with Crippen molar-refractivity contribution in [2.75, 3.05) is 11.1 Å². The van der Waals surface area contributed by atoms with Crippen LogP contribution in [0.3, 0.4) is 0 Å². The highest BCUT2D eigenvalue weighted by Gasteiger charge is 2.11. The summed E-state index contributed by atoms with van der Waals surface area (Å²) in [4.78, 5) is 19.4. The number of carbonyl (C=O) groups is 1. The van der Waals surface area contributed by atoms with Crippen LogP contribution in [0, 0.1) is 0 Å². The van der Waals surface area contributed by atoms with Crippen molar-refractivity contribution in [1.29, 1.82) is 0 Å². The first-order valence-electron chi connectivity index (χ1n) is 4.31. The second-order valence-corrected chi connectivity index (χ2v) is 4.23. The SMILES string of the molecule is Nc1sc(NC(=O)c2ccccn2)nc1Cl. The number of nitrogens with zero attached hydrogens (tertiary/aromatic N) is 2. The van der Waals surface area contributed by atoms with Crippen LogP contribution in [0.4, 0.5) is 10.1 Å². The maximum absolute atomic E-state index is 11.6. The molecule has 1 amide bonds. The van der Waals surface area contributed by atoms with E-state index in [1.165, 1.54) is 6.20 Å². The number of rotatable bonds is 2. The van der Waals surface area contributed by atoms with Crippen LogP contribution in [0.5, 0.6) is 0 Å². The molecule has 0 aliphatic heterocycles. The van der Waals surface area contributed by atoms with Crippen LogP contribution in [0.25, 0.3) is 0 Å². The lowest BCUT2D eigenvalue weighted by Gasteiger charge is -1.99. The van der Waals surface area contributed by atoms with Crippen molar-refractivity contribution < 1.29 is 4.79 Å². The number of hydrogen-bond donors (Lipinski definition) is 2. The molecule has 0 aliphatic carbocycles. The van der Waals surface area contributed by atoms with Crippen molar-refractivity contribution in [3.63, 3.8) is 0 Å². The van der Waals surface area contributed by atoms with Gasteiger partial charge < -0.3 is 5.73 Å². The molecule has 0 spiro atoms. The molecule has 0 aliphatic rings. The van der Waals surface area contributed by atoms with Gasteiger partial charge in [-0.15, -0.1) is 0 Å². The molecule has 0 saturated carbocycles. The van der Waals surface area contributed by atoms with Crippen molar-refractivity contribution >= 4 is 39.0 Å². The number of pyridine rings is 1. The monoisotopic (exact) mass is 254 g/mol. The Morgan fingerprint density at radius 3 is 2.88 bits per heavy atom. The van der Waals surface area contributed by atoms with Gasteiger partial charge in [-0.05, 0) is 12.1 Å². The summed E-state index contributed by atoms with van der Waals surface area (Å²) in [6, 6.07) is 5.06. The summed E-state index contributed by atoms with van der Waals surface area (Å²) in [6.07, 6.45) is 1.54. The summed E-state index contributed by atoms with van der Waals surface area (Å²) in [5, 5.41) is 3.49. The summed E-state index contributed by atoms with van der Waals surface area (Å²) in [7, 11) is 0. The first-order chi connectivity index (χ1) is 7.66. The third-order valence-corrected chi connectivity index (χ3v) is 2.93. The molecule has 2 rings (SSSR count). The largest absolute Gasteiger partial charge is 0.388 e. The molecular weight excluding hydrogens is 248 g/mol. The van der Waals surface area contributed by atoms with Gasteiger partial charge in [0.1, 0.15) is 10.7 Å². The van der Waals surface area contributed by atoms with Gasteiger partial charge in [0.25, 0.3) is 5.91 Å². The molecule has 82 valence electrons. The summed E-state index contributed by atoms with van der Waals surface area (Å²) in [6.45, 7) is 0. The Labute approximate surface area is 100 Å². The molecule has 0 bridgehead atoms. The minimum atomic E-state index is -0.342. The fraction of sp³-hybridized carbons (Fsp3) is 0. The van der Waals surface area contributed by atoms with Gasteiger partial charge in [0, 0.05) is 6.20 Å². The van der Waals surface area contributed by atoms with Gasteiger partial charge in [-0.25, -0.2) is 4.98 Å². The molecule has 7 heteroatoms. The molecule has 16 heavy (non-hydrogen) atoms. The Balaban J connectivity index is 2.14. The van der Waals surface area contributed by atoms with E-state index in [4.69, 9.17) is 17.3 Å². The van der Waals surface area contributed by atoms with E-state index in [-0.39, 0.29) is 11.1 Å². The van der Waals surface area contributed by atoms with E-state index in [9.17, 15) is 4.79 Å². The number of nitrogens with one attached hydrogen (secondary N) is 1. The minimum Gasteiger partial charge on any atom is -0.388 e. The second kappa shape index (κ2) is 4.46. The number of halogens is 1. The number of carbonyl (C=O) groups excluding carboxylic acids is 1. The van der Waals surface area contributed by atoms with Crippen molar-refractivity contribution in [1.82, 2.24) is 9.97 Å². The summed E-state index contributed by atoms with van der Waals surface area (Å²) >= 11 is 6.78. The highest BCUT2D eigenvalue weighted by molar-refractivity contribution is 7.20.